The molecule has 5 heteroatoms. The summed E-state index contributed by atoms with van der Waals surface area (Å²) in [6, 6.07) is 20.1. The topological polar surface area (TPSA) is 51.1 Å². The van der Waals surface area contributed by atoms with Gasteiger partial charge in [0.15, 0.2) is 0 Å². The number of hydrogen-bond donors (Lipinski definition) is 1. The van der Waals surface area contributed by atoms with Crippen LogP contribution in [-0.2, 0) is 23.0 Å². The van der Waals surface area contributed by atoms with Crippen LogP contribution in [-0.4, -0.2) is 19.2 Å². The minimum Gasteiger partial charge on any atom is -0.347 e. The molecule has 1 aromatic heterocycles. The first kappa shape index (κ1) is 16.7. The third-order valence-corrected chi connectivity index (χ3v) is 5.14. The van der Waals surface area contributed by atoms with Gasteiger partial charge >= 0.3 is 0 Å². The lowest BCUT2D eigenvalue weighted by Crippen LogP contribution is -2.09. The largest absolute Gasteiger partial charge is 0.347 e. The van der Waals surface area contributed by atoms with E-state index in [0.717, 1.165) is 30.4 Å². The second-order valence-corrected chi connectivity index (χ2v) is 8.30. The first-order valence-electron chi connectivity index (χ1n) is 8.53. The van der Waals surface area contributed by atoms with Crippen molar-refractivity contribution in [3.63, 3.8) is 0 Å². The van der Waals surface area contributed by atoms with Gasteiger partial charge < -0.3 is 4.57 Å². The van der Waals surface area contributed by atoms with Crippen molar-refractivity contribution in [2.75, 3.05) is 11.0 Å². The lowest BCUT2D eigenvalue weighted by Gasteiger charge is -2.11. The molecule has 0 aliphatic carbocycles. The highest BCUT2D eigenvalue weighted by atomic mass is 32.2. The van der Waals surface area contributed by atoms with Gasteiger partial charge in [-0.1, -0.05) is 36.4 Å². The van der Waals surface area contributed by atoms with Crippen LogP contribution < -0.4 is 4.72 Å². The lowest BCUT2D eigenvalue weighted by atomic mass is 9.95. The molecule has 132 valence electrons. The molecule has 0 unspecified atom stereocenters. The normalized spacial score (nSPS) is 15.2. The summed E-state index contributed by atoms with van der Waals surface area (Å²) in [5, 5.41) is 0. The molecule has 1 N–H and O–H groups in total. The van der Waals surface area contributed by atoms with Gasteiger partial charge in [0.25, 0.3) is 0 Å². The Morgan fingerprint density at radius 2 is 1.88 bits per heavy atom. The average Bonchev–Trinajstić information content (AvgIpc) is 3.00. The van der Waals surface area contributed by atoms with E-state index in [2.05, 4.69) is 58.0 Å². The highest BCUT2D eigenvalue weighted by Crippen LogP contribution is 2.32. The van der Waals surface area contributed by atoms with Crippen molar-refractivity contribution < 1.29 is 8.42 Å². The molecule has 0 spiro atoms. The number of benzene rings is 2. The molecular formula is C21H20N2O2S. The molecule has 0 amide bonds. The molecule has 0 atom stereocenters. The van der Waals surface area contributed by atoms with Crippen molar-refractivity contribution in [2.45, 2.75) is 13.0 Å². The molecule has 4 rings (SSSR count). The average molecular weight is 364 g/mol. The second-order valence-electron chi connectivity index (χ2n) is 6.55. The molecule has 2 heterocycles. The smallest absolute Gasteiger partial charge is 0.229 e. The van der Waals surface area contributed by atoms with Gasteiger partial charge in [0.05, 0.1) is 6.26 Å². The Morgan fingerprint density at radius 3 is 2.73 bits per heavy atom. The quantitative estimate of drug-likeness (QED) is 0.764. The van der Waals surface area contributed by atoms with E-state index in [1.807, 2.05) is 18.2 Å². The molecular weight excluding hydrogens is 344 g/mol. The molecule has 4 nitrogen and oxygen atoms in total. The summed E-state index contributed by atoms with van der Waals surface area (Å²) in [6.45, 7) is 0.951. The Labute approximate surface area is 153 Å². The first-order chi connectivity index (χ1) is 12.5. The zero-order chi connectivity index (χ0) is 18.1. The Kier molecular flexibility index (Phi) is 4.17. The maximum absolute atomic E-state index is 11.5. The van der Waals surface area contributed by atoms with E-state index in [1.54, 1.807) is 6.07 Å². The number of nitrogens with one attached hydrogen (secondary N) is 1. The molecule has 2 aromatic carbocycles. The molecule has 26 heavy (non-hydrogen) atoms. The number of aryl methyl sites for hydroxylation is 2. The van der Waals surface area contributed by atoms with Crippen LogP contribution in [0.15, 0.2) is 66.9 Å². The minimum absolute atomic E-state index is 0.569. The molecule has 0 bridgehead atoms. The van der Waals surface area contributed by atoms with Crippen LogP contribution in [0.2, 0.25) is 0 Å². The van der Waals surface area contributed by atoms with E-state index < -0.39 is 10.0 Å². The molecule has 1 aliphatic rings. The summed E-state index contributed by atoms with van der Waals surface area (Å²) in [4.78, 5) is 0. The zero-order valence-electron chi connectivity index (χ0n) is 14.5. The Bertz CT molecular complexity index is 1090. The van der Waals surface area contributed by atoms with E-state index in [4.69, 9.17) is 0 Å². The first-order valence-corrected chi connectivity index (χ1v) is 10.4. The van der Waals surface area contributed by atoms with E-state index >= 15 is 0 Å². The fraction of sp³-hybridized carbons (Fsp3) is 0.143. The lowest BCUT2D eigenvalue weighted by molar-refractivity contribution is 0.607. The van der Waals surface area contributed by atoms with Crippen LogP contribution in [0.3, 0.4) is 0 Å². The van der Waals surface area contributed by atoms with Gasteiger partial charge in [-0.25, -0.2) is 8.42 Å². The van der Waals surface area contributed by atoms with E-state index in [9.17, 15) is 8.42 Å². The summed E-state index contributed by atoms with van der Waals surface area (Å²) < 4.78 is 27.8. The number of hydrogen-bond acceptors (Lipinski definition) is 2. The van der Waals surface area contributed by atoms with Crippen molar-refractivity contribution in [3.8, 4) is 0 Å². The van der Waals surface area contributed by atoms with Crippen molar-refractivity contribution in [1.29, 1.82) is 0 Å². The Hall–Kier alpha value is -2.79. The van der Waals surface area contributed by atoms with E-state index in [-0.39, 0.29) is 0 Å². The predicted octanol–water partition coefficient (Wildman–Crippen LogP) is 4.00. The summed E-state index contributed by atoms with van der Waals surface area (Å²) in [5.41, 5.74) is 6.41. The van der Waals surface area contributed by atoms with Crippen LogP contribution in [0.1, 0.15) is 22.4 Å². The fourth-order valence-electron chi connectivity index (χ4n) is 3.46. The van der Waals surface area contributed by atoms with Gasteiger partial charge in [0, 0.05) is 29.7 Å². The number of nitrogens with zero attached hydrogens (tertiary/aromatic N) is 1. The number of fused-ring (bicyclic) bond motifs is 2. The highest BCUT2D eigenvalue weighted by Gasteiger charge is 2.17. The van der Waals surface area contributed by atoms with Crippen molar-refractivity contribution in [3.05, 3.63) is 89.2 Å². The van der Waals surface area contributed by atoms with Gasteiger partial charge in [0.2, 0.25) is 10.0 Å². The maximum Gasteiger partial charge on any atom is 0.229 e. The molecule has 0 saturated heterocycles. The van der Waals surface area contributed by atoms with Gasteiger partial charge in [-0.05, 0) is 53.5 Å². The number of sulfonamides is 1. The van der Waals surface area contributed by atoms with Gasteiger partial charge in [-0.3, -0.25) is 4.72 Å². The van der Waals surface area contributed by atoms with Crippen LogP contribution in [0.4, 0.5) is 5.69 Å². The number of anilines is 1. The summed E-state index contributed by atoms with van der Waals surface area (Å²) in [5.74, 6) is 0. The zero-order valence-corrected chi connectivity index (χ0v) is 15.3. The van der Waals surface area contributed by atoms with Crippen molar-refractivity contribution >= 4 is 27.4 Å². The highest BCUT2D eigenvalue weighted by molar-refractivity contribution is 7.92. The Balaban J connectivity index is 1.84. The van der Waals surface area contributed by atoms with Gasteiger partial charge in [-0.2, -0.15) is 0 Å². The second kappa shape index (κ2) is 6.50. The van der Waals surface area contributed by atoms with Crippen molar-refractivity contribution in [1.82, 2.24) is 4.57 Å². The molecule has 0 radical (unpaired) electrons. The monoisotopic (exact) mass is 364 g/mol. The van der Waals surface area contributed by atoms with Crippen LogP contribution >= 0.6 is 0 Å². The minimum atomic E-state index is -3.30. The van der Waals surface area contributed by atoms with E-state index in [1.165, 1.54) is 16.8 Å². The molecule has 1 aliphatic heterocycles. The Morgan fingerprint density at radius 1 is 1.04 bits per heavy atom. The summed E-state index contributed by atoms with van der Waals surface area (Å²) in [7, 11) is -3.30. The summed E-state index contributed by atoms with van der Waals surface area (Å²) >= 11 is 0. The van der Waals surface area contributed by atoms with Crippen LogP contribution in [0.25, 0.3) is 11.6 Å². The predicted molar refractivity (Wildman–Crippen MR) is 106 cm³/mol. The fourth-order valence-corrected chi connectivity index (χ4v) is 4.01. The van der Waals surface area contributed by atoms with Crippen molar-refractivity contribution in [2.24, 2.45) is 0 Å². The molecule has 3 aromatic rings. The SMILES string of the molecule is CS(=O)(=O)Nc1cccc(/C=C2/c3ccccc3CCn3cccc32)c1. The standard InChI is InChI=1S/C21H20N2O2S/c1-26(24,25)22-18-8-4-6-16(14-18)15-20-19-9-3-2-7-17(19)11-13-23-12-5-10-21(20)23/h2-10,12,14-15,22H,11,13H2,1H3/b20-15-. The van der Waals surface area contributed by atoms with E-state index in [0.29, 0.717) is 5.69 Å². The number of aromatic nitrogens is 1. The van der Waals surface area contributed by atoms with Crippen LogP contribution in [0, 0.1) is 0 Å². The van der Waals surface area contributed by atoms with Gasteiger partial charge in [-0.15, -0.1) is 0 Å². The third kappa shape index (κ3) is 3.44. The van der Waals surface area contributed by atoms with Gasteiger partial charge in [0.1, 0.15) is 0 Å². The summed E-state index contributed by atoms with van der Waals surface area (Å²) in [6.07, 6.45) is 6.39. The molecule has 0 saturated carbocycles. The molecule has 0 fully saturated rings. The number of rotatable bonds is 3. The van der Waals surface area contributed by atoms with Crippen LogP contribution in [0.5, 0.6) is 0 Å². The maximum atomic E-state index is 11.5. The third-order valence-electron chi connectivity index (χ3n) is 4.54.